The van der Waals surface area contributed by atoms with Crippen LogP contribution in [0, 0.1) is 13.8 Å². The van der Waals surface area contributed by atoms with Crippen LogP contribution < -0.4 is 5.32 Å². The molecule has 3 aromatic carbocycles. The number of carbonyl (C=O) groups is 3. The summed E-state index contributed by atoms with van der Waals surface area (Å²) in [5, 5.41) is 2.78. The van der Waals surface area contributed by atoms with Crippen molar-refractivity contribution in [1.82, 2.24) is 0 Å². The number of hydrogen-bond acceptors (Lipinski definition) is 4. The maximum atomic E-state index is 13.2. The van der Waals surface area contributed by atoms with E-state index in [0.29, 0.717) is 16.8 Å². The Morgan fingerprint density at radius 2 is 1.55 bits per heavy atom. The predicted molar refractivity (Wildman–Crippen MR) is 129 cm³/mol. The molecule has 0 heterocycles. The molecule has 1 N–H and O–H groups in total. The van der Waals surface area contributed by atoms with E-state index >= 15 is 0 Å². The van der Waals surface area contributed by atoms with Gasteiger partial charge in [0.1, 0.15) is 0 Å². The summed E-state index contributed by atoms with van der Waals surface area (Å²) in [5.41, 5.74) is 5.00. The van der Waals surface area contributed by atoms with Gasteiger partial charge in [0.15, 0.2) is 6.10 Å². The van der Waals surface area contributed by atoms with Crippen molar-refractivity contribution in [3.05, 3.63) is 101 Å². The molecular formula is C28H29NO4. The minimum atomic E-state index is -1.06. The van der Waals surface area contributed by atoms with Crippen molar-refractivity contribution in [2.24, 2.45) is 0 Å². The van der Waals surface area contributed by atoms with E-state index in [1.54, 1.807) is 36.4 Å². The molecule has 0 aliphatic heterocycles. The van der Waals surface area contributed by atoms with Gasteiger partial charge in [-0.15, -0.1) is 0 Å². The van der Waals surface area contributed by atoms with E-state index in [0.717, 1.165) is 17.5 Å². The van der Waals surface area contributed by atoms with Crippen LogP contribution in [0.15, 0.2) is 72.8 Å². The number of aryl methyl sites for hydroxylation is 3. The molecule has 1 unspecified atom stereocenters. The number of ketones is 1. The van der Waals surface area contributed by atoms with Crippen molar-refractivity contribution in [2.75, 3.05) is 5.32 Å². The molecule has 0 radical (unpaired) electrons. The lowest BCUT2D eigenvalue weighted by atomic mass is 9.97. The number of benzene rings is 3. The summed E-state index contributed by atoms with van der Waals surface area (Å²) in [6, 6.07) is 21.9. The lowest BCUT2D eigenvalue weighted by Crippen LogP contribution is -2.21. The van der Waals surface area contributed by atoms with E-state index in [1.165, 1.54) is 5.56 Å². The third-order valence-corrected chi connectivity index (χ3v) is 5.58. The van der Waals surface area contributed by atoms with E-state index < -0.39 is 12.1 Å². The first kappa shape index (κ1) is 23.9. The lowest BCUT2D eigenvalue weighted by Gasteiger charge is -2.18. The van der Waals surface area contributed by atoms with E-state index in [1.807, 2.05) is 50.2 Å². The smallest absolute Gasteiger partial charge is 0.307 e. The molecule has 0 aliphatic rings. The van der Waals surface area contributed by atoms with Gasteiger partial charge in [-0.1, -0.05) is 61.5 Å². The largest absolute Gasteiger partial charge is 0.449 e. The average Bonchev–Trinajstić information content (AvgIpc) is 2.83. The van der Waals surface area contributed by atoms with Crippen LogP contribution in [0.2, 0.25) is 0 Å². The zero-order valence-electron chi connectivity index (χ0n) is 19.3. The number of Topliss-reactive ketones (excluding diaryl/α,β-unsaturated/α-hetero) is 1. The normalized spacial score (nSPS) is 11.5. The van der Waals surface area contributed by atoms with Crippen molar-refractivity contribution < 1.29 is 19.1 Å². The summed E-state index contributed by atoms with van der Waals surface area (Å²) in [5.74, 6) is -1.18. The Kier molecular flexibility index (Phi) is 8.14. The fourth-order valence-corrected chi connectivity index (χ4v) is 3.40. The van der Waals surface area contributed by atoms with Gasteiger partial charge in [-0.05, 0) is 55.2 Å². The summed E-state index contributed by atoms with van der Waals surface area (Å²) in [6.45, 7) is 5.97. The second kappa shape index (κ2) is 11.2. The molecule has 0 spiro atoms. The highest BCUT2D eigenvalue weighted by atomic mass is 16.5. The number of esters is 1. The molecule has 3 rings (SSSR count). The number of ether oxygens (including phenoxy) is 1. The monoisotopic (exact) mass is 443 g/mol. The fraction of sp³-hybridized carbons (Fsp3) is 0.250. The molecule has 0 saturated heterocycles. The van der Waals surface area contributed by atoms with E-state index in [4.69, 9.17) is 4.74 Å². The Labute approximate surface area is 194 Å². The predicted octanol–water partition coefficient (Wildman–Crippen LogP) is 5.75. The highest BCUT2D eigenvalue weighted by molar-refractivity contribution is 6.01. The van der Waals surface area contributed by atoms with Crippen molar-refractivity contribution in [1.29, 1.82) is 0 Å². The third kappa shape index (κ3) is 6.62. The van der Waals surface area contributed by atoms with Crippen molar-refractivity contribution in [3.63, 3.8) is 0 Å². The number of hydrogen-bond donors (Lipinski definition) is 1. The topological polar surface area (TPSA) is 72.5 Å². The van der Waals surface area contributed by atoms with Gasteiger partial charge in [0.2, 0.25) is 11.7 Å². The van der Waals surface area contributed by atoms with Crippen LogP contribution in [-0.2, 0) is 20.7 Å². The quantitative estimate of drug-likeness (QED) is 0.337. The van der Waals surface area contributed by atoms with E-state index in [2.05, 4.69) is 12.2 Å². The Hall–Kier alpha value is -3.73. The summed E-state index contributed by atoms with van der Waals surface area (Å²) in [6.07, 6.45) is -0.301. The highest BCUT2D eigenvalue weighted by Gasteiger charge is 2.26. The third-order valence-electron chi connectivity index (χ3n) is 5.58. The number of amides is 1. The standard InChI is InChI=1S/C28H29NO4/c1-4-21-11-14-24(15-12-21)29-25(30)16-17-26(31)33-28(22-8-6-5-7-9-22)27(32)23-13-10-19(2)20(3)18-23/h5-15,18,28H,4,16-17H2,1-3H3,(H,29,30). The molecular weight excluding hydrogens is 414 g/mol. The van der Waals surface area contributed by atoms with Crippen molar-refractivity contribution in [2.45, 2.75) is 46.1 Å². The molecule has 5 nitrogen and oxygen atoms in total. The Balaban J connectivity index is 1.65. The maximum Gasteiger partial charge on any atom is 0.307 e. The molecule has 0 fully saturated rings. The van der Waals surface area contributed by atoms with Crippen LogP contribution in [-0.4, -0.2) is 17.7 Å². The van der Waals surface area contributed by atoms with Gasteiger partial charge < -0.3 is 10.1 Å². The van der Waals surface area contributed by atoms with Crippen LogP contribution in [0.4, 0.5) is 5.69 Å². The Bertz CT molecular complexity index is 1120. The van der Waals surface area contributed by atoms with Gasteiger partial charge >= 0.3 is 5.97 Å². The van der Waals surface area contributed by atoms with Crippen LogP contribution >= 0.6 is 0 Å². The molecule has 1 atom stereocenters. The SMILES string of the molecule is CCc1ccc(NC(=O)CCC(=O)OC(C(=O)c2ccc(C)c(C)c2)c2ccccc2)cc1. The molecule has 0 aromatic heterocycles. The summed E-state index contributed by atoms with van der Waals surface area (Å²) >= 11 is 0. The zero-order chi connectivity index (χ0) is 23.8. The second-order valence-corrected chi connectivity index (χ2v) is 8.04. The van der Waals surface area contributed by atoms with E-state index in [-0.39, 0.29) is 24.5 Å². The van der Waals surface area contributed by atoms with Gasteiger partial charge in [-0.25, -0.2) is 0 Å². The molecule has 5 heteroatoms. The Morgan fingerprint density at radius 1 is 0.848 bits per heavy atom. The van der Waals surface area contributed by atoms with Crippen LogP contribution in [0.3, 0.4) is 0 Å². The minimum Gasteiger partial charge on any atom is -0.449 e. The van der Waals surface area contributed by atoms with Gasteiger partial charge in [0.25, 0.3) is 0 Å². The lowest BCUT2D eigenvalue weighted by molar-refractivity contribution is -0.148. The molecule has 0 saturated carbocycles. The summed E-state index contributed by atoms with van der Waals surface area (Å²) in [7, 11) is 0. The van der Waals surface area contributed by atoms with Crippen LogP contribution in [0.25, 0.3) is 0 Å². The molecule has 0 bridgehead atoms. The van der Waals surface area contributed by atoms with Crippen molar-refractivity contribution >= 4 is 23.3 Å². The molecule has 3 aromatic rings. The van der Waals surface area contributed by atoms with E-state index in [9.17, 15) is 14.4 Å². The molecule has 1 amide bonds. The first-order valence-electron chi connectivity index (χ1n) is 11.1. The number of carbonyl (C=O) groups excluding carboxylic acids is 3. The van der Waals surface area contributed by atoms with Gasteiger partial charge in [-0.2, -0.15) is 0 Å². The summed E-state index contributed by atoms with van der Waals surface area (Å²) < 4.78 is 5.59. The molecule has 33 heavy (non-hydrogen) atoms. The van der Waals surface area contributed by atoms with Gasteiger partial charge in [0, 0.05) is 23.2 Å². The minimum absolute atomic E-state index is 0.0340. The van der Waals surface area contributed by atoms with Crippen molar-refractivity contribution in [3.8, 4) is 0 Å². The number of nitrogens with one attached hydrogen (secondary N) is 1. The highest BCUT2D eigenvalue weighted by Crippen LogP contribution is 2.24. The molecule has 170 valence electrons. The first-order chi connectivity index (χ1) is 15.9. The number of rotatable bonds is 9. The Morgan fingerprint density at radius 3 is 2.18 bits per heavy atom. The van der Waals surface area contributed by atoms with Gasteiger partial charge in [-0.3, -0.25) is 14.4 Å². The number of anilines is 1. The average molecular weight is 444 g/mol. The first-order valence-corrected chi connectivity index (χ1v) is 11.1. The van der Waals surface area contributed by atoms with Crippen LogP contribution in [0.5, 0.6) is 0 Å². The van der Waals surface area contributed by atoms with Crippen LogP contribution in [0.1, 0.15) is 58.5 Å². The molecule has 0 aliphatic carbocycles. The maximum absolute atomic E-state index is 13.2. The fourth-order valence-electron chi connectivity index (χ4n) is 3.40. The van der Waals surface area contributed by atoms with Gasteiger partial charge in [0.05, 0.1) is 6.42 Å². The summed E-state index contributed by atoms with van der Waals surface area (Å²) in [4.78, 5) is 38.1. The second-order valence-electron chi connectivity index (χ2n) is 8.04. The zero-order valence-corrected chi connectivity index (χ0v) is 19.3.